The zero-order valence-corrected chi connectivity index (χ0v) is 16.1. The third kappa shape index (κ3) is 2.85. The number of nitrogens with zero attached hydrogens (tertiary/aromatic N) is 6. The molecule has 0 aliphatic carbocycles. The van der Waals surface area contributed by atoms with Gasteiger partial charge < -0.3 is 14.1 Å². The summed E-state index contributed by atoms with van der Waals surface area (Å²) in [5.74, 6) is 0.108. The molecule has 0 radical (unpaired) electrons. The normalized spacial score (nSPS) is 12.9. The summed E-state index contributed by atoms with van der Waals surface area (Å²) in [6.07, 6.45) is 3.89. The highest BCUT2D eigenvalue weighted by atomic mass is 32.1. The van der Waals surface area contributed by atoms with Crippen LogP contribution in [0.15, 0.2) is 34.1 Å². The standard InChI is InChI=1S/C17H16N8O3S/c1-24-12-9(14-16(24)22-11(29-14)4-8-2-3-20-23-8)5-21-25(17(12)27)6-10-13(15(18)26)28-7-19-10/h2-3,5,7,15,26H,4,6,18H2,1H3,(H,20,23). The fraction of sp³-hybridized carbons (Fsp3) is 0.235. The maximum absolute atomic E-state index is 13.1. The van der Waals surface area contributed by atoms with Gasteiger partial charge in [0.1, 0.15) is 16.2 Å². The molecule has 12 heteroatoms. The monoisotopic (exact) mass is 412 g/mol. The average Bonchev–Trinajstić information content (AvgIpc) is 3.45. The first-order chi connectivity index (χ1) is 14.0. The summed E-state index contributed by atoms with van der Waals surface area (Å²) in [7, 11) is 1.81. The van der Waals surface area contributed by atoms with Crippen LogP contribution in [0, 0.1) is 0 Å². The first-order valence-electron chi connectivity index (χ1n) is 8.71. The van der Waals surface area contributed by atoms with E-state index in [0.29, 0.717) is 17.6 Å². The fourth-order valence-corrected chi connectivity index (χ4v) is 4.47. The number of aryl methyl sites for hydroxylation is 1. The van der Waals surface area contributed by atoms with Crippen LogP contribution in [0.2, 0.25) is 0 Å². The topological polar surface area (TPSA) is 154 Å². The minimum atomic E-state index is -1.32. The van der Waals surface area contributed by atoms with Crippen LogP contribution >= 0.6 is 11.3 Å². The Morgan fingerprint density at radius 1 is 1.45 bits per heavy atom. The molecule has 0 aliphatic heterocycles. The number of aliphatic hydroxyl groups is 1. The Morgan fingerprint density at radius 3 is 3.07 bits per heavy atom. The molecule has 0 fully saturated rings. The zero-order chi connectivity index (χ0) is 20.1. The van der Waals surface area contributed by atoms with Crippen molar-refractivity contribution in [3.05, 3.63) is 57.4 Å². The third-order valence-corrected chi connectivity index (χ3v) is 5.78. The van der Waals surface area contributed by atoms with Crippen LogP contribution in [0.5, 0.6) is 0 Å². The highest BCUT2D eigenvalue weighted by Crippen LogP contribution is 2.31. The second-order valence-electron chi connectivity index (χ2n) is 6.54. The molecule has 0 saturated carbocycles. The van der Waals surface area contributed by atoms with Gasteiger partial charge >= 0.3 is 0 Å². The van der Waals surface area contributed by atoms with Gasteiger partial charge in [-0.05, 0) is 6.07 Å². The SMILES string of the molecule is Cn1c2nc(Cc3cc[nH]n3)sc2c2cnn(Cc3ncoc3C(N)O)c(=O)c21. The fourth-order valence-electron chi connectivity index (χ4n) is 3.34. The molecule has 5 aromatic rings. The number of nitrogens with two attached hydrogens (primary N) is 1. The highest BCUT2D eigenvalue weighted by Gasteiger charge is 2.20. The van der Waals surface area contributed by atoms with Gasteiger partial charge in [-0.1, -0.05) is 0 Å². The molecule has 5 heterocycles. The second-order valence-corrected chi connectivity index (χ2v) is 7.62. The van der Waals surface area contributed by atoms with E-state index in [0.717, 1.165) is 26.4 Å². The number of H-pyrrole nitrogens is 1. The van der Waals surface area contributed by atoms with Crippen molar-refractivity contribution < 1.29 is 9.52 Å². The van der Waals surface area contributed by atoms with E-state index in [2.05, 4.69) is 25.3 Å². The predicted molar refractivity (Wildman–Crippen MR) is 104 cm³/mol. The summed E-state index contributed by atoms with van der Waals surface area (Å²) in [5.41, 5.74) is 7.65. The number of aromatic amines is 1. The van der Waals surface area contributed by atoms with Crippen LogP contribution in [0.1, 0.15) is 28.4 Å². The Bertz CT molecular complexity index is 1380. The Kier molecular flexibility index (Phi) is 4.04. The van der Waals surface area contributed by atoms with Crippen molar-refractivity contribution in [3.8, 4) is 0 Å². The first kappa shape index (κ1) is 17.7. The lowest BCUT2D eigenvalue weighted by Crippen LogP contribution is -2.25. The maximum atomic E-state index is 13.1. The molecule has 29 heavy (non-hydrogen) atoms. The van der Waals surface area contributed by atoms with Gasteiger partial charge in [-0.25, -0.2) is 14.6 Å². The second kappa shape index (κ2) is 6.62. The minimum Gasteiger partial charge on any atom is -0.444 e. The summed E-state index contributed by atoms with van der Waals surface area (Å²) >= 11 is 1.52. The molecule has 0 aromatic carbocycles. The van der Waals surface area contributed by atoms with E-state index in [-0.39, 0.29) is 17.9 Å². The molecule has 1 unspecified atom stereocenters. The van der Waals surface area contributed by atoms with E-state index < -0.39 is 6.23 Å². The van der Waals surface area contributed by atoms with E-state index in [1.165, 1.54) is 22.4 Å². The molecular formula is C17H16N8O3S. The van der Waals surface area contributed by atoms with Gasteiger partial charge in [-0.15, -0.1) is 11.3 Å². The van der Waals surface area contributed by atoms with Crippen molar-refractivity contribution in [2.75, 3.05) is 0 Å². The summed E-state index contributed by atoms with van der Waals surface area (Å²) in [5, 5.41) is 22.4. The molecule has 148 valence electrons. The number of nitrogens with one attached hydrogen (secondary N) is 1. The molecule has 0 bridgehead atoms. The smallest absolute Gasteiger partial charge is 0.291 e. The molecule has 5 aromatic heterocycles. The Morgan fingerprint density at radius 2 is 2.31 bits per heavy atom. The van der Waals surface area contributed by atoms with E-state index in [4.69, 9.17) is 10.2 Å². The number of aromatic nitrogens is 7. The lowest BCUT2D eigenvalue weighted by Gasteiger charge is -2.06. The number of fused-ring (bicyclic) bond motifs is 3. The third-order valence-electron chi connectivity index (χ3n) is 4.70. The van der Waals surface area contributed by atoms with Gasteiger partial charge in [0.05, 0.1) is 23.1 Å². The number of hydrogen-bond acceptors (Lipinski definition) is 9. The van der Waals surface area contributed by atoms with E-state index in [9.17, 15) is 9.90 Å². The zero-order valence-electron chi connectivity index (χ0n) is 15.2. The number of aliphatic hydroxyl groups excluding tert-OH is 1. The van der Waals surface area contributed by atoms with Gasteiger partial charge in [0.25, 0.3) is 5.56 Å². The van der Waals surface area contributed by atoms with Gasteiger partial charge in [-0.3, -0.25) is 15.6 Å². The Balaban J connectivity index is 1.57. The molecule has 11 nitrogen and oxygen atoms in total. The van der Waals surface area contributed by atoms with Crippen molar-refractivity contribution in [1.82, 2.24) is 34.5 Å². The van der Waals surface area contributed by atoms with Crippen LogP contribution in [0.25, 0.3) is 21.3 Å². The number of hydrogen-bond donors (Lipinski definition) is 3. The van der Waals surface area contributed by atoms with Crippen LogP contribution < -0.4 is 11.3 Å². The van der Waals surface area contributed by atoms with Gasteiger partial charge in [0, 0.05) is 25.1 Å². The van der Waals surface area contributed by atoms with Crippen molar-refractivity contribution in [1.29, 1.82) is 0 Å². The lowest BCUT2D eigenvalue weighted by atomic mass is 10.3. The summed E-state index contributed by atoms with van der Waals surface area (Å²) in [6.45, 7) is 0.0333. The van der Waals surface area contributed by atoms with E-state index >= 15 is 0 Å². The molecule has 0 spiro atoms. The summed E-state index contributed by atoms with van der Waals surface area (Å²) in [4.78, 5) is 21.8. The number of thiazole rings is 1. The van der Waals surface area contributed by atoms with Crippen molar-refractivity contribution in [3.63, 3.8) is 0 Å². The van der Waals surface area contributed by atoms with Crippen molar-refractivity contribution in [2.45, 2.75) is 19.2 Å². The molecule has 0 amide bonds. The van der Waals surface area contributed by atoms with E-state index in [1.807, 2.05) is 6.07 Å². The summed E-state index contributed by atoms with van der Waals surface area (Å²) in [6, 6.07) is 1.90. The maximum Gasteiger partial charge on any atom is 0.291 e. The van der Waals surface area contributed by atoms with Crippen LogP contribution in [0.3, 0.4) is 0 Å². The summed E-state index contributed by atoms with van der Waals surface area (Å²) < 4.78 is 9.04. The highest BCUT2D eigenvalue weighted by molar-refractivity contribution is 7.19. The first-order valence-corrected chi connectivity index (χ1v) is 9.53. The number of rotatable bonds is 5. The van der Waals surface area contributed by atoms with E-state index in [1.54, 1.807) is 24.0 Å². The van der Waals surface area contributed by atoms with Crippen LogP contribution in [-0.2, 0) is 20.0 Å². The molecule has 1 atom stereocenters. The lowest BCUT2D eigenvalue weighted by molar-refractivity contribution is 0.155. The predicted octanol–water partition coefficient (Wildman–Crippen LogP) is 0.645. The van der Waals surface area contributed by atoms with Crippen LogP contribution in [-0.4, -0.2) is 39.6 Å². The largest absolute Gasteiger partial charge is 0.444 e. The Hall–Kier alpha value is -3.35. The molecular weight excluding hydrogens is 396 g/mol. The molecule has 0 aliphatic rings. The quantitative estimate of drug-likeness (QED) is 0.356. The Labute approximate surface area is 166 Å². The van der Waals surface area contributed by atoms with Gasteiger partial charge in [0.2, 0.25) is 0 Å². The van der Waals surface area contributed by atoms with Crippen molar-refractivity contribution >= 4 is 32.6 Å². The minimum absolute atomic E-state index is 0.0333. The average molecular weight is 412 g/mol. The molecule has 4 N–H and O–H groups in total. The number of oxazole rings is 1. The molecule has 0 saturated heterocycles. The van der Waals surface area contributed by atoms with Gasteiger partial charge in [-0.2, -0.15) is 10.2 Å². The van der Waals surface area contributed by atoms with Crippen LogP contribution in [0.4, 0.5) is 0 Å². The van der Waals surface area contributed by atoms with Gasteiger partial charge in [0.15, 0.2) is 24.0 Å². The van der Waals surface area contributed by atoms with Crippen molar-refractivity contribution in [2.24, 2.45) is 12.8 Å². The molecule has 5 rings (SSSR count).